The summed E-state index contributed by atoms with van der Waals surface area (Å²) >= 11 is 0. The van der Waals surface area contributed by atoms with E-state index in [1.54, 1.807) is 0 Å². The first-order chi connectivity index (χ1) is 7.29. The predicted octanol–water partition coefficient (Wildman–Crippen LogP) is 3.14. The summed E-state index contributed by atoms with van der Waals surface area (Å²) in [5, 5.41) is 0. The first-order valence-electron chi connectivity index (χ1n) is 4.90. The van der Waals surface area contributed by atoms with Crippen molar-refractivity contribution in [2.75, 3.05) is 0 Å². The summed E-state index contributed by atoms with van der Waals surface area (Å²) in [4.78, 5) is 1.90. The quantitative estimate of drug-likeness (QED) is 0.562. The average molecular weight is 214 g/mol. The summed E-state index contributed by atoms with van der Waals surface area (Å²) < 4.78 is 12.2. The lowest BCUT2D eigenvalue weighted by molar-refractivity contribution is 0.685. The fourth-order valence-electron chi connectivity index (χ4n) is 2.09. The second kappa shape index (κ2) is 3.04. The summed E-state index contributed by atoms with van der Waals surface area (Å²) in [7, 11) is -0.983. The summed E-state index contributed by atoms with van der Waals surface area (Å²) in [6, 6.07) is 13.9. The maximum Gasteiger partial charge on any atom is 0.0862 e. The minimum absolute atomic E-state index is 0.946. The first-order valence-corrected chi connectivity index (χ1v) is 6.05. The Morgan fingerprint density at radius 1 is 0.933 bits per heavy atom. The zero-order valence-corrected chi connectivity index (χ0v) is 9.17. The SMILES string of the molecule is Cc1cccc2c1-c1ccccc1S2=O. The second-order valence-electron chi connectivity index (χ2n) is 3.71. The number of hydrogen-bond acceptors (Lipinski definition) is 1. The summed E-state index contributed by atoms with van der Waals surface area (Å²) in [6.07, 6.45) is 0. The highest BCUT2D eigenvalue weighted by atomic mass is 32.2. The Kier molecular flexibility index (Phi) is 1.80. The first kappa shape index (κ1) is 8.86. The molecule has 2 aromatic carbocycles. The van der Waals surface area contributed by atoms with Crippen LogP contribution in [-0.2, 0) is 10.8 Å². The van der Waals surface area contributed by atoms with Crippen molar-refractivity contribution in [3.63, 3.8) is 0 Å². The van der Waals surface area contributed by atoms with Gasteiger partial charge in [0.1, 0.15) is 0 Å². The van der Waals surface area contributed by atoms with Crippen molar-refractivity contribution < 1.29 is 4.21 Å². The fourth-order valence-corrected chi connectivity index (χ4v) is 3.56. The summed E-state index contributed by atoms with van der Waals surface area (Å²) in [5.74, 6) is 0. The summed E-state index contributed by atoms with van der Waals surface area (Å²) in [6.45, 7) is 2.07. The van der Waals surface area contributed by atoms with E-state index in [0.29, 0.717) is 0 Å². The molecule has 1 nitrogen and oxygen atoms in total. The van der Waals surface area contributed by atoms with Crippen molar-refractivity contribution in [2.45, 2.75) is 16.7 Å². The Hall–Kier alpha value is -1.41. The molecule has 1 aliphatic rings. The van der Waals surface area contributed by atoms with Crippen LogP contribution in [0.2, 0.25) is 0 Å². The highest BCUT2D eigenvalue weighted by Gasteiger charge is 2.25. The molecule has 0 radical (unpaired) electrons. The Morgan fingerprint density at radius 2 is 1.67 bits per heavy atom. The van der Waals surface area contributed by atoms with Gasteiger partial charge in [0.25, 0.3) is 0 Å². The topological polar surface area (TPSA) is 17.1 Å². The average Bonchev–Trinajstić information content (AvgIpc) is 2.55. The Labute approximate surface area is 91.2 Å². The second-order valence-corrected chi connectivity index (χ2v) is 5.13. The molecular weight excluding hydrogens is 204 g/mol. The smallest absolute Gasteiger partial charge is 0.0862 e. The molecule has 0 spiro atoms. The van der Waals surface area contributed by atoms with Crippen LogP contribution in [0.4, 0.5) is 0 Å². The minimum atomic E-state index is -0.983. The minimum Gasteiger partial charge on any atom is -0.249 e. The van der Waals surface area contributed by atoms with Gasteiger partial charge in [-0.25, -0.2) is 4.21 Å². The normalized spacial score (nSPS) is 17.3. The molecule has 1 aliphatic heterocycles. The van der Waals surface area contributed by atoms with E-state index in [2.05, 4.69) is 13.0 Å². The maximum atomic E-state index is 12.2. The molecular formula is C13H10OS. The van der Waals surface area contributed by atoms with Crippen molar-refractivity contribution in [2.24, 2.45) is 0 Å². The van der Waals surface area contributed by atoms with Gasteiger partial charge in [-0.3, -0.25) is 0 Å². The molecule has 0 bridgehead atoms. The third-order valence-corrected chi connectivity index (χ3v) is 4.29. The maximum absolute atomic E-state index is 12.2. The molecule has 15 heavy (non-hydrogen) atoms. The van der Waals surface area contributed by atoms with Crippen molar-refractivity contribution >= 4 is 10.8 Å². The molecule has 0 aliphatic carbocycles. The number of fused-ring (bicyclic) bond motifs is 3. The van der Waals surface area contributed by atoms with E-state index in [-0.39, 0.29) is 0 Å². The monoisotopic (exact) mass is 214 g/mol. The standard InChI is InChI=1S/C13H10OS/c1-9-5-4-8-12-13(9)10-6-2-3-7-11(10)15(12)14/h2-8H,1H3. The lowest BCUT2D eigenvalue weighted by Crippen LogP contribution is -1.85. The third kappa shape index (κ3) is 1.11. The summed E-state index contributed by atoms with van der Waals surface area (Å²) in [5.41, 5.74) is 3.49. The van der Waals surface area contributed by atoms with E-state index in [1.807, 2.05) is 36.4 Å². The van der Waals surface area contributed by atoms with Gasteiger partial charge in [0.05, 0.1) is 20.6 Å². The number of aryl methyl sites for hydroxylation is 1. The Morgan fingerprint density at radius 3 is 2.53 bits per heavy atom. The van der Waals surface area contributed by atoms with Crippen molar-refractivity contribution in [1.82, 2.24) is 0 Å². The van der Waals surface area contributed by atoms with Crippen molar-refractivity contribution in [3.05, 3.63) is 48.0 Å². The van der Waals surface area contributed by atoms with Gasteiger partial charge in [-0.2, -0.15) is 0 Å². The molecule has 0 aromatic heterocycles. The molecule has 2 aromatic rings. The van der Waals surface area contributed by atoms with Crippen LogP contribution in [-0.4, -0.2) is 4.21 Å². The molecule has 0 amide bonds. The van der Waals surface area contributed by atoms with Gasteiger partial charge < -0.3 is 0 Å². The van der Waals surface area contributed by atoms with E-state index in [9.17, 15) is 4.21 Å². The molecule has 2 heteroatoms. The molecule has 0 saturated carbocycles. The van der Waals surface area contributed by atoms with Gasteiger partial charge in [-0.05, 0) is 30.2 Å². The van der Waals surface area contributed by atoms with E-state index in [4.69, 9.17) is 0 Å². The van der Waals surface area contributed by atoms with Crippen LogP contribution in [0.3, 0.4) is 0 Å². The van der Waals surface area contributed by atoms with Crippen LogP contribution < -0.4 is 0 Å². The molecule has 3 rings (SSSR count). The fraction of sp³-hybridized carbons (Fsp3) is 0.0769. The third-order valence-electron chi connectivity index (χ3n) is 2.79. The Balaban J connectivity index is 2.45. The van der Waals surface area contributed by atoms with Crippen LogP contribution in [0, 0.1) is 6.92 Å². The van der Waals surface area contributed by atoms with E-state index < -0.39 is 10.8 Å². The molecule has 0 N–H and O–H groups in total. The molecule has 0 fully saturated rings. The van der Waals surface area contributed by atoms with Gasteiger partial charge in [-0.1, -0.05) is 30.3 Å². The van der Waals surface area contributed by atoms with Gasteiger partial charge >= 0.3 is 0 Å². The lowest BCUT2D eigenvalue weighted by Gasteiger charge is -2.02. The van der Waals surface area contributed by atoms with Crippen LogP contribution in [0.1, 0.15) is 5.56 Å². The molecule has 1 unspecified atom stereocenters. The predicted molar refractivity (Wildman–Crippen MR) is 61.3 cm³/mol. The number of rotatable bonds is 0. The number of hydrogen-bond donors (Lipinski definition) is 0. The molecule has 1 heterocycles. The van der Waals surface area contributed by atoms with Gasteiger partial charge in [0.15, 0.2) is 0 Å². The number of benzene rings is 2. The van der Waals surface area contributed by atoms with Crippen LogP contribution >= 0.6 is 0 Å². The van der Waals surface area contributed by atoms with E-state index in [0.717, 1.165) is 20.9 Å². The lowest BCUT2D eigenvalue weighted by atomic mass is 10.0. The highest BCUT2D eigenvalue weighted by Crippen LogP contribution is 2.41. The van der Waals surface area contributed by atoms with Crippen LogP contribution in [0.25, 0.3) is 11.1 Å². The van der Waals surface area contributed by atoms with Gasteiger partial charge in [0.2, 0.25) is 0 Å². The molecule has 74 valence electrons. The van der Waals surface area contributed by atoms with E-state index in [1.165, 1.54) is 5.56 Å². The molecule has 0 saturated heterocycles. The molecule has 1 atom stereocenters. The largest absolute Gasteiger partial charge is 0.249 e. The van der Waals surface area contributed by atoms with Gasteiger partial charge in [-0.15, -0.1) is 0 Å². The zero-order valence-electron chi connectivity index (χ0n) is 8.36. The Bertz CT molecular complexity index is 572. The van der Waals surface area contributed by atoms with Crippen molar-refractivity contribution in [1.29, 1.82) is 0 Å². The van der Waals surface area contributed by atoms with Crippen LogP contribution in [0.5, 0.6) is 0 Å². The zero-order chi connectivity index (χ0) is 10.4. The van der Waals surface area contributed by atoms with Crippen LogP contribution in [0.15, 0.2) is 52.3 Å². The van der Waals surface area contributed by atoms with Crippen molar-refractivity contribution in [3.8, 4) is 11.1 Å². The highest BCUT2D eigenvalue weighted by molar-refractivity contribution is 7.85. The van der Waals surface area contributed by atoms with E-state index >= 15 is 0 Å². The van der Waals surface area contributed by atoms with Gasteiger partial charge in [0, 0.05) is 5.56 Å².